The van der Waals surface area contributed by atoms with Crippen molar-refractivity contribution >= 4 is 15.9 Å². The van der Waals surface area contributed by atoms with Crippen molar-refractivity contribution in [2.45, 2.75) is 25.9 Å². The van der Waals surface area contributed by atoms with Crippen LogP contribution < -0.4 is 0 Å². The zero-order valence-electron chi connectivity index (χ0n) is 10.4. The minimum absolute atomic E-state index is 0.0124. The molecule has 1 rings (SSSR count). The van der Waals surface area contributed by atoms with E-state index < -0.39 is 0 Å². The molecule has 0 radical (unpaired) electrons. The Morgan fingerprint density at radius 1 is 1.35 bits per heavy atom. The molecular formula is C13H20BrNO2. The maximum atomic E-state index is 9.27. The highest BCUT2D eigenvalue weighted by Gasteiger charge is 2.14. The van der Waals surface area contributed by atoms with Crippen LogP contribution in [0.15, 0.2) is 22.7 Å². The first kappa shape index (κ1) is 14.6. The maximum absolute atomic E-state index is 9.27. The topological polar surface area (TPSA) is 43.7 Å². The average molecular weight is 302 g/mol. The summed E-state index contributed by atoms with van der Waals surface area (Å²) in [7, 11) is 1.97. The third kappa shape index (κ3) is 4.39. The molecule has 1 aromatic carbocycles. The van der Waals surface area contributed by atoms with Crippen LogP contribution in [0.3, 0.4) is 0 Å². The number of benzene rings is 1. The standard InChI is InChI=1S/C13H20BrNO2/c1-10-3-4-12(14)7-11(10)8-15(2)13(9-17)5-6-16/h3-4,7,13,16-17H,5-6,8-9H2,1-2H3. The highest BCUT2D eigenvalue weighted by Crippen LogP contribution is 2.18. The van der Waals surface area contributed by atoms with Crippen LogP contribution in [0.4, 0.5) is 0 Å². The molecule has 3 nitrogen and oxygen atoms in total. The average Bonchev–Trinajstić information content (AvgIpc) is 2.30. The number of aryl methyl sites for hydroxylation is 1. The SMILES string of the molecule is Cc1ccc(Br)cc1CN(C)C(CO)CCO. The predicted octanol–water partition coefficient (Wildman–Crippen LogP) is 1.93. The number of hydrogen-bond donors (Lipinski definition) is 2. The molecule has 0 bridgehead atoms. The molecule has 2 N–H and O–H groups in total. The van der Waals surface area contributed by atoms with Crippen LogP contribution in [0, 0.1) is 6.92 Å². The summed E-state index contributed by atoms with van der Waals surface area (Å²) in [6.07, 6.45) is 0.597. The Morgan fingerprint density at radius 3 is 2.65 bits per heavy atom. The molecule has 0 heterocycles. The van der Waals surface area contributed by atoms with Gasteiger partial charge in [0.15, 0.2) is 0 Å². The van der Waals surface area contributed by atoms with E-state index in [-0.39, 0.29) is 19.3 Å². The van der Waals surface area contributed by atoms with E-state index in [1.165, 1.54) is 11.1 Å². The van der Waals surface area contributed by atoms with Crippen LogP contribution in [0.1, 0.15) is 17.5 Å². The van der Waals surface area contributed by atoms with Gasteiger partial charge in [-0.05, 0) is 43.7 Å². The second-order valence-corrected chi connectivity index (χ2v) is 5.25. The molecule has 1 aromatic rings. The molecule has 0 aliphatic heterocycles. The molecule has 0 amide bonds. The van der Waals surface area contributed by atoms with Gasteiger partial charge in [0.2, 0.25) is 0 Å². The summed E-state index contributed by atoms with van der Waals surface area (Å²) < 4.78 is 1.06. The quantitative estimate of drug-likeness (QED) is 0.844. The van der Waals surface area contributed by atoms with Crippen molar-refractivity contribution in [2.24, 2.45) is 0 Å². The van der Waals surface area contributed by atoms with Gasteiger partial charge < -0.3 is 10.2 Å². The Bertz CT molecular complexity index is 357. The molecule has 17 heavy (non-hydrogen) atoms. The van der Waals surface area contributed by atoms with E-state index in [2.05, 4.69) is 39.9 Å². The van der Waals surface area contributed by atoms with Crippen molar-refractivity contribution < 1.29 is 10.2 Å². The lowest BCUT2D eigenvalue weighted by molar-refractivity contribution is 0.115. The van der Waals surface area contributed by atoms with E-state index in [1.807, 2.05) is 13.1 Å². The fourth-order valence-electron chi connectivity index (χ4n) is 1.81. The third-order valence-corrected chi connectivity index (χ3v) is 3.52. The van der Waals surface area contributed by atoms with Crippen LogP contribution in [0.25, 0.3) is 0 Å². The summed E-state index contributed by atoms with van der Waals surface area (Å²) in [5.41, 5.74) is 2.47. The molecule has 0 aliphatic rings. The summed E-state index contributed by atoms with van der Waals surface area (Å²) in [5.74, 6) is 0. The number of aliphatic hydroxyl groups excluding tert-OH is 2. The van der Waals surface area contributed by atoms with Crippen molar-refractivity contribution in [3.05, 3.63) is 33.8 Å². The normalized spacial score (nSPS) is 13.1. The minimum atomic E-state index is 0.0124. The fourth-order valence-corrected chi connectivity index (χ4v) is 2.22. The van der Waals surface area contributed by atoms with Gasteiger partial charge in [0.25, 0.3) is 0 Å². The molecule has 0 aliphatic carbocycles. The van der Waals surface area contributed by atoms with Crippen molar-refractivity contribution in [1.82, 2.24) is 4.90 Å². The smallest absolute Gasteiger partial charge is 0.0587 e. The van der Waals surface area contributed by atoms with Gasteiger partial charge in [-0.2, -0.15) is 0 Å². The molecule has 96 valence electrons. The Kier molecular flexibility index (Phi) is 6.12. The summed E-state index contributed by atoms with van der Waals surface area (Å²) in [6, 6.07) is 6.21. The summed E-state index contributed by atoms with van der Waals surface area (Å²) in [5, 5.41) is 18.2. The van der Waals surface area contributed by atoms with Crippen molar-refractivity contribution in [2.75, 3.05) is 20.3 Å². The van der Waals surface area contributed by atoms with Crippen LogP contribution in [-0.2, 0) is 6.54 Å². The predicted molar refractivity (Wildman–Crippen MR) is 72.9 cm³/mol. The first-order valence-electron chi connectivity index (χ1n) is 5.75. The summed E-state index contributed by atoms with van der Waals surface area (Å²) in [4.78, 5) is 2.07. The number of halogens is 1. The number of likely N-dealkylation sites (N-methyl/N-ethyl adjacent to an activating group) is 1. The fraction of sp³-hybridized carbons (Fsp3) is 0.538. The van der Waals surface area contributed by atoms with Gasteiger partial charge in [-0.25, -0.2) is 0 Å². The lowest BCUT2D eigenvalue weighted by Crippen LogP contribution is -2.35. The summed E-state index contributed by atoms with van der Waals surface area (Å²) in [6.45, 7) is 3.03. The molecule has 1 atom stereocenters. The maximum Gasteiger partial charge on any atom is 0.0587 e. The van der Waals surface area contributed by atoms with Crippen molar-refractivity contribution in [3.8, 4) is 0 Å². The van der Waals surface area contributed by atoms with Crippen molar-refractivity contribution in [1.29, 1.82) is 0 Å². The highest BCUT2D eigenvalue weighted by atomic mass is 79.9. The molecule has 4 heteroatoms. The molecular weight excluding hydrogens is 282 g/mol. The Balaban J connectivity index is 2.72. The largest absolute Gasteiger partial charge is 0.396 e. The monoisotopic (exact) mass is 301 g/mol. The minimum Gasteiger partial charge on any atom is -0.396 e. The molecule has 0 saturated carbocycles. The van der Waals surface area contributed by atoms with E-state index >= 15 is 0 Å². The first-order chi connectivity index (χ1) is 8.08. The number of nitrogens with zero attached hydrogens (tertiary/aromatic N) is 1. The van der Waals surface area contributed by atoms with Crippen LogP contribution in [-0.4, -0.2) is 41.4 Å². The second-order valence-electron chi connectivity index (χ2n) is 4.33. The summed E-state index contributed by atoms with van der Waals surface area (Å²) >= 11 is 3.46. The van der Waals surface area contributed by atoms with E-state index in [0.717, 1.165) is 11.0 Å². The number of rotatable bonds is 6. The van der Waals surface area contributed by atoms with Gasteiger partial charge in [-0.1, -0.05) is 22.0 Å². The Morgan fingerprint density at radius 2 is 2.06 bits per heavy atom. The van der Waals surface area contributed by atoms with E-state index in [9.17, 15) is 5.11 Å². The number of aliphatic hydroxyl groups is 2. The van der Waals surface area contributed by atoms with Gasteiger partial charge in [0.1, 0.15) is 0 Å². The van der Waals surface area contributed by atoms with Crippen LogP contribution in [0.5, 0.6) is 0 Å². The van der Waals surface area contributed by atoms with Crippen LogP contribution in [0.2, 0.25) is 0 Å². The van der Waals surface area contributed by atoms with Gasteiger partial charge in [0.05, 0.1) is 6.61 Å². The van der Waals surface area contributed by atoms with Crippen LogP contribution >= 0.6 is 15.9 Å². The molecule has 0 saturated heterocycles. The number of hydrogen-bond acceptors (Lipinski definition) is 3. The van der Waals surface area contributed by atoms with E-state index in [0.29, 0.717) is 6.42 Å². The van der Waals surface area contributed by atoms with E-state index in [4.69, 9.17) is 5.11 Å². The first-order valence-corrected chi connectivity index (χ1v) is 6.54. The second kappa shape index (κ2) is 7.11. The van der Waals surface area contributed by atoms with Gasteiger partial charge in [-0.15, -0.1) is 0 Å². The molecule has 0 aromatic heterocycles. The molecule has 1 unspecified atom stereocenters. The van der Waals surface area contributed by atoms with Gasteiger partial charge >= 0.3 is 0 Å². The molecule has 0 fully saturated rings. The van der Waals surface area contributed by atoms with Crippen molar-refractivity contribution in [3.63, 3.8) is 0 Å². The Hall–Kier alpha value is -0.420. The van der Waals surface area contributed by atoms with Gasteiger partial charge in [-0.3, -0.25) is 4.90 Å². The Labute approximate surface area is 111 Å². The zero-order valence-corrected chi connectivity index (χ0v) is 11.9. The zero-order chi connectivity index (χ0) is 12.8. The lowest BCUT2D eigenvalue weighted by Gasteiger charge is -2.26. The van der Waals surface area contributed by atoms with E-state index in [1.54, 1.807) is 0 Å². The molecule has 0 spiro atoms. The third-order valence-electron chi connectivity index (χ3n) is 3.03. The lowest BCUT2D eigenvalue weighted by atomic mass is 10.1. The van der Waals surface area contributed by atoms with Gasteiger partial charge in [0, 0.05) is 23.7 Å². The highest BCUT2D eigenvalue weighted by molar-refractivity contribution is 9.10.